The Hall–Kier alpha value is -0.440. The van der Waals surface area contributed by atoms with Crippen molar-refractivity contribution in [2.45, 2.75) is 38.2 Å². The summed E-state index contributed by atoms with van der Waals surface area (Å²) >= 11 is 12.0. The summed E-state index contributed by atoms with van der Waals surface area (Å²) in [5.74, 6) is 1.14. The molecule has 0 saturated heterocycles. The van der Waals surface area contributed by atoms with Crippen LogP contribution >= 0.6 is 23.2 Å². The van der Waals surface area contributed by atoms with Gasteiger partial charge in [0, 0.05) is 10.9 Å². The average molecular weight is 288 g/mol. The van der Waals surface area contributed by atoms with Gasteiger partial charge in [-0.25, -0.2) is 0 Å². The first-order valence-electron chi connectivity index (χ1n) is 6.52. The molecule has 0 amide bonds. The second-order valence-electron chi connectivity index (χ2n) is 4.86. The number of ether oxygens (including phenoxy) is 1. The van der Waals surface area contributed by atoms with E-state index in [1.54, 1.807) is 12.1 Å². The molecule has 0 spiro atoms. The van der Waals surface area contributed by atoms with Gasteiger partial charge in [0.1, 0.15) is 11.9 Å². The summed E-state index contributed by atoms with van der Waals surface area (Å²) in [5.41, 5.74) is 5.84. The van der Waals surface area contributed by atoms with Gasteiger partial charge in [0.2, 0.25) is 0 Å². The summed E-state index contributed by atoms with van der Waals surface area (Å²) in [6.45, 7) is 0.676. The maximum atomic E-state index is 6.14. The normalized spacial score (nSPS) is 24.6. The van der Waals surface area contributed by atoms with Crippen molar-refractivity contribution in [1.29, 1.82) is 0 Å². The zero-order valence-corrected chi connectivity index (χ0v) is 11.9. The number of benzene rings is 1. The van der Waals surface area contributed by atoms with Gasteiger partial charge in [-0.05, 0) is 44.0 Å². The van der Waals surface area contributed by atoms with Crippen molar-refractivity contribution in [3.05, 3.63) is 28.2 Å². The Morgan fingerprint density at radius 1 is 1.17 bits per heavy atom. The van der Waals surface area contributed by atoms with E-state index in [4.69, 9.17) is 33.7 Å². The zero-order chi connectivity index (χ0) is 13.0. The molecule has 0 bridgehead atoms. The van der Waals surface area contributed by atoms with E-state index >= 15 is 0 Å². The molecule has 2 rings (SSSR count). The van der Waals surface area contributed by atoms with Crippen molar-refractivity contribution in [2.24, 2.45) is 11.7 Å². The summed E-state index contributed by atoms with van der Waals surface area (Å²) in [5, 5.41) is 1.20. The van der Waals surface area contributed by atoms with Crippen molar-refractivity contribution in [3.63, 3.8) is 0 Å². The van der Waals surface area contributed by atoms with Gasteiger partial charge in [-0.3, -0.25) is 0 Å². The molecule has 2 nitrogen and oxygen atoms in total. The molecule has 0 radical (unpaired) electrons. The first-order chi connectivity index (χ1) is 8.70. The van der Waals surface area contributed by atoms with Crippen molar-refractivity contribution in [2.75, 3.05) is 6.54 Å². The molecule has 100 valence electrons. The topological polar surface area (TPSA) is 35.2 Å². The van der Waals surface area contributed by atoms with Crippen LogP contribution in [0.3, 0.4) is 0 Å². The van der Waals surface area contributed by atoms with Crippen molar-refractivity contribution in [1.82, 2.24) is 0 Å². The third-order valence-electron chi connectivity index (χ3n) is 3.56. The standard InChI is InChI=1S/C14H19Cl2NO/c15-11-6-7-14(12(16)8-11)18-13-5-3-1-2-4-10(13)9-17/h6-8,10,13H,1-5,9,17H2. The monoisotopic (exact) mass is 287 g/mol. The summed E-state index contributed by atoms with van der Waals surface area (Å²) in [6.07, 6.45) is 6.09. The fraction of sp³-hybridized carbons (Fsp3) is 0.571. The van der Waals surface area contributed by atoms with Crippen LogP contribution in [0.5, 0.6) is 5.75 Å². The molecule has 18 heavy (non-hydrogen) atoms. The van der Waals surface area contributed by atoms with Gasteiger partial charge in [0.25, 0.3) is 0 Å². The van der Waals surface area contributed by atoms with Crippen molar-refractivity contribution < 1.29 is 4.74 Å². The van der Waals surface area contributed by atoms with Gasteiger partial charge < -0.3 is 10.5 Å². The van der Waals surface area contributed by atoms with E-state index in [1.165, 1.54) is 19.3 Å². The Labute approximate surface area is 118 Å². The molecule has 1 aromatic carbocycles. The number of hydrogen-bond donors (Lipinski definition) is 1. The van der Waals surface area contributed by atoms with E-state index in [2.05, 4.69) is 0 Å². The Morgan fingerprint density at radius 3 is 2.67 bits per heavy atom. The molecule has 0 aromatic heterocycles. The number of hydrogen-bond acceptors (Lipinski definition) is 2. The summed E-state index contributed by atoms with van der Waals surface area (Å²) in [6, 6.07) is 5.35. The average Bonchev–Trinajstić information content (AvgIpc) is 2.57. The predicted molar refractivity (Wildman–Crippen MR) is 76.5 cm³/mol. The lowest BCUT2D eigenvalue weighted by molar-refractivity contribution is 0.130. The van der Waals surface area contributed by atoms with Gasteiger partial charge in [0.15, 0.2) is 0 Å². The van der Waals surface area contributed by atoms with Crippen LogP contribution < -0.4 is 10.5 Å². The third kappa shape index (κ3) is 3.53. The van der Waals surface area contributed by atoms with Crippen LogP contribution in [0.1, 0.15) is 32.1 Å². The Bertz CT molecular complexity index is 397. The summed E-state index contributed by atoms with van der Waals surface area (Å²) in [4.78, 5) is 0. The van der Waals surface area contributed by atoms with Gasteiger partial charge in [0.05, 0.1) is 5.02 Å². The second-order valence-corrected chi connectivity index (χ2v) is 5.71. The molecule has 2 unspecified atom stereocenters. The van der Waals surface area contributed by atoms with Crippen LogP contribution in [0.25, 0.3) is 0 Å². The predicted octanol–water partition coefficient (Wildman–Crippen LogP) is 4.28. The molecule has 2 N–H and O–H groups in total. The highest BCUT2D eigenvalue weighted by Crippen LogP contribution is 2.32. The van der Waals surface area contributed by atoms with Gasteiger partial charge in [-0.1, -0.05) is 36.0 Å². The van der Waals surface area contributed by atoms with E-state index in [0.717, 1.165) is 12.8 Å². The molecule has 4 heteroatoms. The molecule has 1 aromatic rings. The Kier molecular flexibility index (Phi) is 5.16. The molecule has 1 aliphatic rings. The fourth-order valence-corrected chi connectivity index (χ4v) is 2.96. The maximum Gasteiger partial charge on any atom is 0.138 e. The van der Waals surface area contributed by atoms with Crippen LogP contribution in [0, 0.1) is 5.92 Å². The highest BCUT2D eigenvalue weighted by Gasteiger charge is 2.24. The highest BCUT2D eigenvalue weighted by atomic mass is 35.5. The van der Waals surface area contributed by atoms with Gasteiger partial charge in [-0.2, -0.15) is 0 Å². The van der Waals surface area contributed by atoms with E-state index in [-0.39, 0.29) is 6.10 Å². The van der Waals surface area contributed by atoms with Gasteiger partial charge in [-0.15, -0.1) is 0 Å². The van der Waals surface area contributed by atoms with Crippen LogP contribution in [0.15, 0.2) is 18.2 Å². The van der Waals surface area contributed by atoms with Crippen LogP contribution in [-0.2, 0) is 0 Å². The largest absolute Gasteiger partial charge is 0.489 e. The summed E-state index contributed by atoms with van der Waals surface area (Å²) in [7, 11) is 0. The van der Waals surface area contributed by atoms with E-state index < -0.39 is 0 Å². The smallest absolute Gasteiger partial charge is 0.138 e. The molecule has 0 aliphatic heterocycles. The quantitative estimate of drug-likeness (QED) is 0.842. The molecular formula is C14H19Cl2NO. The maximum absolute atomic E-state index is 6.14. The van der Waals surface area contributed by atoms with Crippen LogP contribution in [0.2, 0.25) is 10.0 Å². The zero-order valence-electron chi connectivity index (χ0n) is 10.4. The van der Waals surface area contributed by atoms with E-state index in [0.29, 0.717) is 28.3 Å². The molecule has 1 fully saturated rings. The molecule has 1 aliphatic carbocycles. The van der Waals surface area contributed by atoms with E-state index in [9.17, 15) is 0 Å². The first-order valence-corrected chi connectivity index (χ1v) is 7.28. The van der Waals surface area contributed by atoms with Gasteiger partial charge >= 0.3 is 0 Å². The highest BCUT2D eigenvalue weighted by molar-refractivity contribution is 6.35. The lowest BCUT2D eigenvalue weighted by Gasteiger charge is -2.25. The fourth-order valence-electron chi connectivity index (χ4n) is 2.51. The first kappa shape index (κ1) is 14.0. The minimum atomic E-state index is 0.177. The van der Waals surface area contributed by atoms with Crippen molar-refractivity contribution >= 4 is 23.2 Å². The third-order valence-corrected chi connectivity index (χ3v) is 4.09. The minimum absolute atomic E-state index is 0.177. The Balaban J connectivity index is 2.10. The molecule has 2 atom stereocenters. The molecule has 1 saturated carbocycles. The molecule has 0 heterocycles. The van der Waals surface area contributed by atoms with E-state index in [1.807, 2.05) is 6.07 Å². The van der Waals surface area contributed by atoms with Crippen molar-refractivity contribution in [3.8, 4) is 5.75 Å². The SMILES string of the molecule is NCC1CCCCCC1Oc1ccc(Cl)cc1Cl. The van der Waals surface area contributed by atoms with Crippen LogP contribution in [-0.4, -0.2) is 12.6 Å². The minimum Gasteiger partial charge on any atom is -0.489 e. The second kappa shape index (κ2) is 6.65. The summed E-state index contributed by atoms with van der Waals surface area (Å²) < 4.78 is 6.05. The number of nitrogens with two attached hydrogens (primary N) is 1. The van der Waals surface area contributed by atoms with Crippen LogP contribution in [0.4, 0.5) is 0 Å². The number of rotatable bonds is 3. The molecular weight excluding hydrogens is 269 g/mol. The lowest BCUT2D eigenvalue weighted by Crippen LogP contribution is -2.31. The Morgan fingerprint density at radius 2 is 1.94 bits per heavy atom. The number of halogens is 2. The lowest BCUT2D eigenvalue weighted by atomic mass is 9.97.